The molecule has 16 heteroatoms. The maximum absolute atomic E-state index is 13.8. The molecule has 3 aromatic rings. The summed E-state index contributed by atoms with van der Waals surface area (Å²) in [5.41, 5.74) is 1.84. The van der Waals surface area contributed by atoms with Gasteiger partial charge in [0.15, 0.2) is 37.0 Å². The van der Waals surface area contributed by atoms with Crippen LogP contribution in [0.25, 0.3) is 0 Å². The molecular formula is C44H50O16. The molecule has 0 amide bonds. The molecule has 0 aliphatic carbocycles. The Bertz CT molecular complexity index is 1860. The molecule has 322 valence electrons. The lowest BCUT2D eigenvalue weighted by Gasteiger charge is -2.49. The molecule has 16 nitrogen and oxygen atoms in total. The van der Waals surface area contributed by atoms with Crippen molar-refractivity contribution in [2.24, 2.45) is 0 Å². The van der Waals surface area contributed by atoms with Crippen molar-refractivity contribution in [3.8, 4) is 0 Å². The molecule has 0 unspecified atom stereocenters. The Balaban J connectivity index is 1.61. The van der Waals surface area contributed by atoms with Gasteiger partial charge in [-0.25, -0.2) is 4.79 Å². The fourth-order valence-corrected chi connectivity index (χ4v) is 6.64. The van der Waals surface area contributed by atoms with Crippen LogP contribution in [0.2, 0.25) is 0 Å². The lowest BCUT2D eigenvalue weighted by atomic mass is 9.95. The van der Waals surface area contributed by atoms with Gasteiger partial charge >= 0.3 is 29.8 Å². The highest BCUT2D eigenvalue weighted by Gasteiger charge is 2.57. The van der Waals surface area contributed by atoms with Crippen LogP contribution >= 0.6 is 0 Å². The molecule has 2 aliphatic rings. The Morgan fingerprint density at radius 1 is 0.550 bits per heavy atom. The second-order valence-corrected chi connectivity index (χ2v) is 13.8. The Hall–Kier alpha value is -5.49. The van der Waals surface area contributed by atoms with E-state index in [1.165, 1.54) is 13.0 Å². The van der Waals surface area contributed by atoms with Gasteiger partial charge in [-0.05, 0) is 23.3 Å². The van der Waals surface area contributed by atoms with Crippen molar-refractivity contribution < 1.29 is 76.1 Å². The van der Waals surface area contributed by atoms with Crippen molar-refractivity contribution >= 4 is 29.8 Å². The summed E-state index contributed by atoms with van der Waals surface area (Å²) in [4.78, 5) is 63.5. The number of esters is 5. The predicted octanol–water partition coefficient (Wildman–Crippen LogP) is 4.41. The van der Waals surface area contributed by atoms with Gasteiger partial charge in [-0.3, -0.25) is 19.2 Å². The fourth-order valence-electron chi connectivity index (χ4n) is 6.64. The number of carbonyl (C=O) groups is 5. The average molecular weight is 835 g/mol. The summed E-state index contributed by atoms with van der Waals surface area (Å²) in [6.07, 6.45) is -12.3. The maximum atomic E-state index is 13.8. The van der Waals surface area contributed by atoms with Crippen LogP contribution in [0.1, 0.15) is 49.2 Å². The molecule has 0 bridgehead atoms. The third-order valence-corrected chi connectivity index (χ3v) is 9.14. The van der Waals surface area contributed by atoms with E-state index >= 15 is 0 Å². The molecule has 10 atom stereocenters. The van der Waals surface area contributed by atoms with Crippen LogP contribution in [0.15, 0.2) is 104 Å². The van der Waals surface area contributed by atoms with Crippen LogP contribution in [0, 0.1) is 0 Å². The van der Waals surface area contributed by atoms with Crippen LogP contribution in [0.4, 0.5) is 0 Å². The molecule has 2 saturated heterocycles. The van der Waals surface area contributed by atoms with E-state index in [1.807, 2.05) is 60.7 Å². The van der Waals surface area contributed by atoms with E-state index in [9.17, 15) is 24.0 Å². The van der Waals surface area contributed by atoms with Crippen LogP contribution in [-0.4, -0.2) is 111 Å². The molecule has 0 radical (unpaired) electrons. The standard InChI is InChI=1S/C44H50O16/c1-6-22-51-43-40(59-42(49)33-20-14-9-15-21-33)38(53-24-32-18-12-8-13-19-32)36(34(57-43)25-50-23-31-16-10-7-11-17-31)60-44-41(56-30(5)48)39(55-29(4)47)37(54-28(3)46)35(58-44)26-52-27(2)45/h6-21,34-41,43-44H,1,22-26H2,2-5H3/t34-,35-,36+,37+,38+,39+,40-,41-,43-,44+/m1/s1. The molecule has 0 saturated carbocycles. The van der Waals surface area contributed by atoms with E-state index in [-0.39, 0.29) is 32.0 Å². The number of ether oxygens (including phenoxy) is 11. The van der Waals surface area contributed by atoms with Crippen LogP contribution in [-0.2, 0) is 84.5 Å². The molecule has 0 aromatic heterocycles. The quantitative estimate of drug-likeness (QED) is 0.0938. The molecule has 3 aromatic carbocycles. The van der Waals surface area contributed by atoms with Crippen molar-refractivity contribution in [1.82, 2.24) is 0 Å². The molecule has 0 N–H and O–H groups in total. The first-order valence-electron chi connectivity index (χ1n) is 19.3. The van der Waals surface area contributed by atoms with Crippen molar-refractivity contribution in [3.05, 3.63) is 120 Å². The van der Waals surface area contributed by atoms with Crippen molar-refractivity contribution in [1.29, 1.82) is 0 Å². The summed E-state index contributed by atoms with van der Waals surface area (Å²) >= 11 is 0. The fraction of sp³-hybridized carbons (Fsp3) is 0.432. The summed E-state index contributed by atoms with van der Waals surface area (Å²) in [5.74, 6) is -3.87. The smallest absolute Gasteiger partial charge is 0.338 e. The van der Waals surface area contributed by atoms with E-state index < -0.39 is 97.9 Å². The molecule has 5 rings (SSSR count). The van der Waals surface area contributed by atoms with Crippen LogP contribution in [0.5, 0.6) is 0 Å². The van der Waals surface area contributed by atoms with Gasteiger partial charge in [0.1, 0.15) is 31.0 Å². The highest BCUT2D eigenvalue weighted by molar-refractivity contribution is 5.89. The van der Waals surface area contributed by atoms with E-state index in [2.05, 4.69) is 6.58 Å². The number of hydrogen-bond acceptors (Lipinski definition) is 16. The molecule has 60 heavy (non-hydrogen) atoms. The third-order valence-electron chi connectivity index (χ3n) is 9.14. The van der Waals surface area contributed by atoms with Gasteiger partial charge in [-0.2, -0.15) is 0 Å². The predicted molar refractivity (Wildman–Crippen MR) is 208 cm³/mol. The number of carbonyl (C=O) groups excluding carboxylic acids is 5. The summed E-state index contributed by atoms with van der Waals surface area (Å²) in [5, 5.41) is 0. The van der Waals surface area contributed by atoms with Gasteiger partial charge in [0, 0.05) is 27.7 Å². The monoisotopic (exact) mass is 834 g/mol. The SMILES string of the molecule is C=CCO[C@@H]1O[C@H](COCc2ccccc2)[C@H](O[C@@H]2O[C@H](COC(C)=O)[C@H](OC(C)=O)[C@H](OC(C)=O)[C@H]2OC(C)=O)[C@H](OCc2ccccc2)[C@H]1OC(=O)c1ccccc1. The van der Waals surface area contributed by atoms with Crippen LogP contribution in [0.3, 0.4) is 0 Å². The van der Waals surface area contributed by atoms with Gasteiger partial charge in [0.05, 0.1) is 32.0 Å². The van der Waals surface area contributed by atoms with E-state index in [4.69, 9.17) is 52.1 Å². The first-order valence-corrected chi connectivity index (χ1v) is 19.3. The number of benzene rings is 3. The second-order valence-electron chi connectivity index (χ2n) is 13.8. The van der Waals surface area contributed by atoms with Crippen molar-refractivity contribution in [2.75, 3.05) is 19.8 Å². The average Bonchev–Trinajstić information content (AvgIpc) is 3.22. The summed E-state index contributed by atoms with van der Waals surface area (Å²) in [6, 6.07) is 26.8. The lowest BCUT2D eigenvalue weighted by molar-refractivity contribution is -0.364. The highest BCUT2D eigenvalue weighted by Crippen LogP contribution is 2.36. The zero-order valence-corrected chi connectivity index (χ0v) is 33.8. The second kappa shape index (κ2) is 22.8. The van der Waals surface area contributed by atoms with Crippen molar-refractivity contribution in [2.45, 2.75) is 102 Å². The summed E-state index contributed by atoms with van der Waals surface area (Å²) in [7, 11) is 0. The molecule has 2 fully saturated rings. The summed E-state index contributed by atoms with van der Waals surface area (Å²) in [6.45, 7) is 7.75. The zero-order valence-electron chi connectivity index (χ0n) is 33.8. The molecule has 0 spiro atoms. The van der Waals surface area contributed by atoms with Crippen LogP contribution < -0.4 is 0 Å². The normalized spacial score (nSPS) is 26.2. The van der Waals surface area contributed by atoms with Crippen molar-refractivity contribution in [3.63, 3.8) is 0 Å². The summed E-state index contributed by atoms with van der Waals surface area (Å²) < 4.78 is 66.9. The Morgan fingerprint density at radius 2 is 1.07 bits per heavy atom. The van der Waals surface area contributed by atoms with Gasteiger partial charge < -0.3 is 52.1 Å². The molecule has 2 heterocycles. The topological polar surface area (TPSA) is 187 Å². The Morgan fingerprint density at radius 3 is 1.65 bits per heavy atom. The van der Waals surface area contributed by atoms with Gasteiger partial charge in [-0.15, -0.1) is 6.58 Å². The first kappa shape index (κ1) is 45.6. The number of hydrogen-bond donors (Lipinski definition) is 0. The maximum Gasteiger partial charge on any atom is 0.338 e. The zero-order chi connectivity index (χ0) is 43.0. The lowest BCUT2D eigenvalue weighted by Crippen LogP contribution is -2.67. The molecular weight excluding hydrogens is 784 g/mol. The number of rotatable bonds is 19. The molecule has 2 aliphatic heterocycles. The van der Waals surface area contributed by atoms with E-state index in [1.54, 1.807) is 30.3 Å². The van der Waals surface area contributed by atoms with Gasteiger partial charge in [0.25, 0.3) is 0 Å². The van der Waals surface area contributed by atoms with Gasteiger partial charge in [-0.1, -0.05) is 84.9 Å². The van der Waals surface area contributed by atoms with E-state index in [0.29, 0.717) is 0 Å². The van der Waals surface area contributed by atoms with Gasteiger partial charge in [0.2, 0.25) is 0 Å². The Labute approximate surface area is 347 Å². The minimum absolute atomic E-state index is 0.0156. The third kappa shape index (κ3) is 13.3. The van der Waals surface area contributed by atoms with E-state index in [0.717, 1.165) is 31.9 Å². The first-order chi connectivity index (χ1) is 28.9. The highest BCUT2D eigenvalue weighted by atomic mass is 16.8. The minimum Gasteiger partial charge on any atom is -0.463 e. The Kier molecular flexibility index (Phi) is 17.3. The minimum atomic E-state index is -1.66. The largest absolute Gasteiger partial charge is 0.463 e.